The molecule has 30 heteroatoms. The van der Waals surface area contributed by atoms with E-state index in [9.17, 15) is 67.5 Å². The number of amides is 2. The van der Waals surface area contributed by atoms with Gasteiger partial charge >= 0.3 is 40.4 Å². The molecule has 1 aliphatic rings. The monoisotopic (exact) mass is 1770 g/mol. The molecule has 10 rings (SSSR count). The fraction of sp³-hybridized carbons (Fsp3) is 0.344. The lowest BCUT2D eigenvalue weighted by atomic mass is 10.1. The van der Waals surface area contributed by atoms with E-state index >= 15 is 0 Å². The van der Waals surface area contributed by atoms with Gasteiger partial charge in [0.05, 0.1) is 72.3 Å². The highest BCUT2D eigenvalue weighted by Gasteiger charge is 2.47. The van der Waals surface area contributed by atoms with Crippen LogP contribution in [0.1, 0.15) is 107 Å². The number of carbonyl (C=O) groups excluding carboxylic acids is 5. The van der Waals surface area contributed by atoms with Crippen LogP contribution in [0, 0.1) is 11.8 Å². The maximum atomic E-state index is 12.7. The molecule has 3 atom stereocenters. The van der Waals surface area contributed by atoms with Gasteiger partial charge in [-0.25, -0.2) is 21.6 Å². The molecule has 0 spiro atoms. The van der Waals surface area contributed by atoms with E-state index in [0.29, 0.717) is 18.6 Å². The van der Waals surface area contributed by atoms with E-state index in [0.717, 1.165) is 25.2 Å². The summed E-state index contributed by atoms with van der Waals surface area (Å²) in [5.74, 6) is -4.88. The van der Waals surface area contributed by atoms with Crippen molar-refractivity contribution in [2.75, 3.05) is 39.7 Å². The second-order valence-electron chi connectivity index (χ2n) is 28.3. The summed E-state index contributed by atoms with van der Waals surface area (Å²) in [4.78, 5) is 67.2. The van der Waals surface area contributed by atoms with Crippen molar-refractivity contribution in [2.24, 2.45) is 11.8 Å². The van der Waals surface area contributed by atoms with Gasteiger partial charge in [0.2, 0.25) is 6.79 Å². The Morgan fingerprint density at radius 1 is 0.458 bits per heavy atom. The van der Waals surface area contributed by atoms with Crippen LogP contribution >= 0.6 is 0 Å². The van der Waals surface area contributed by atoms with Crippen molar-refractivity contribution in [2.45, 2.75) is 192 Å². The molecule has 0 saturated carbocycles. The number of carbonyl (C=O) groups is 5. The van der Waals surface area contributed by atoms with Crippen molar-refractivity contribution in [3.05, 3.63) is 260 Å². The van der Waals surface area contributed by atoms with Crippen molar-refractivity contribution in [1.82, 2.24) is 10.6 Å². The van der Waals surface area contributed by atoms with Crippen molar-refractivity contribution in [3.63, 3.8) is 0 Å². The van der Waals surface area contributed by atoms with Crippen molar-refractivity contribution >= 4 is 90.9 Å². The second kappa shape index (κ2) is 49.4. The van der Waals surface area contributed by atoms with Crippen LogP contribution < -0.4 is 20.1 Å². The number of hydrogen-bond donors (Lipinski definition) is 2. The topological polar surface area (TPSA) is 288 Å². The predicted molar refractivity (Wildman–Crippen MR) is 459 cm³/mol. The first kappa shape index (κ1) is 99.3. The third-order valence-electron chi connectivity index (χ3n) is 18.6. The van der Waals surface area contributed by atoms with Crippen LogP contribution in [-0.4, -0.2) is 126 Å². The molecule has 2 N–H and O–H groups in total. The van der Waals surface area contributed by atoms with Gasteiger partial charge in [0, 0.05) is 6.42 Å². The first-order chi connectivity index (χ1) is 57.1. The quantitative estimate of drug-likeness (QED) is 0.00565. The Balaban J connectivity index is 0.000000235. The molecule has 3 unspecified atom stereocenters. The number of benzene rings is 9. The van der Waals surface area contributed by atoms with Gasteiger partial charge in [-0.05, 0) is 186 Å². The summed E-state index contributed by atoms with van der Waals surface area (Å²) in [6.07, 6.45) is 3.49. The van der Waals surface area contributed by atoms with Gasteiger partial charge in [0.15, 0.2) is 70.6 Å². The SMILES string of the molecule is CC(C)(C)OC(=O)OCOc1ccc([S+](c2ccccc2)c2ccccc2)cc1.CCC(C)C(=O)OCCNC(=O)C(F)(F)S(=O)(=O)[O-].CCC(C)C(=O)OCCNC(=O)C(F)(F)S(=O)(=O)[O-].CC[Si](CC)(CC)Cc1ccc([S+](c2ccccc2)c2ccccc2)cc1.c1ccc([S+](c2ccccc2)c2ccc(OC3CCCCO3)cc2)cc1. The van der Waals surface area contributed by atoms with E-state index in [-0.39, 0.29) is 57.6 Å². The summed E-state index contributed by atoms with van der Waals surface area (Å²) in [6, 6.07) is 95.5. The average Bonchev–Trinajstić information content (AvgIpc) is 0.822. The van der Waals surface area contributed by atoms with Gasteiger partial charge in [-0.3, -0.25) is 19.2 Å². The molecule has 9 aromatic carbocycles. The number of alkyl halides is 4. The number of halogens is 4. The highest BCUT2D eigenvalue weighted by molar-refractivity contribution is 7.97. The fourth-order valence-corrected chi connectivity index (χ4v) is 21.5. The molecule has 1 saturated heterocycles. The number of esters is 2. The standard InChI is InChI=1S/C25H31SSi.C24H25O4S.C23H23O2S.2C9H15F2NO6S/c1-4-27(5-2,6-3)21-22-17-19-25(20-18-22)26(23-13-9-7-10-14-23)24-15-11-8-12-16-24;1-24(2,3)28-23(25)27-18-26-19-14-16-22(17-15-19)29(20-10-6-4-7-11-20)21-12-8-5-9-13-21;1-3-9-20(10-4-1)26(21-11-5-2-6-12-21)22-16-14-19(15-17-22)25-23-13-7-8-18-24-23;2*1-3-6(2)7(13)18-5-4-12-8(14)9(10,11)19(15,16)17/h7-20H,4-6,21H2,1-3H3;4-17H,18H2,1-3H3;1-6,9-12,14-17,23H,7-8,13,18H2;2*6H,3-5H2,1-2H3,(H,12,14)(H,15,16,17)/q3*+1;;/p-2. The van der Waals surface area contributed by atoms with Gasteiger partial charge in [-0.1, -0.05) is 193 Å². The van der Waals surface area contributed by atoms with Crippen LogP contribution in [0.3, 0.4) is 0 Å². The Hall–Kier alpha value is -9.50. The second-order valence-corrected chi connectivity index (χ2v) is 42.7. The van der Waals surface area contributed by atoms with Crippen molar-refractivity contribution in [1.29, 1.82) is 0 Å². The van der Waals surface area contributed by atoms with Crippen LogP contribution in [-0.2, 0) is 102 Å². The molecule has 0 radical (unpaired) electrons. The minimum atomic E-state index is -6.08. The van der Waals surface area contributed by atoms with Crippen LogP contribution in [0.5, 0.6) is 11.5 Å². The van der Waals surface area contributed by atoms with E-state index in [1.807, 2.05) is 36.4 Å². The maximum Gasteiger partial charge on any atom is 0.511 e. The Labute approximate surface area is 712 Å². The highest BCUT2D eigenvalue weighted by Crippen LogP contribution is 2.36. The molecule has 9 aromatic rings. The fourth-order valence-electron chi connectivity index (χ4n) is 11.3. The summed E-state index contributed by atoms with van der Waals surface area (Å²) in [5.41, 5.74) is 0.935. The van der Waals surface area contributed by atoms with E-state index < -0.39 is 101 Å². The van der Waals surface area contributed by atoms with E-state index in [1.165, 1.54) is 90.9 Å². The van der Waals surface area contributed by atoms with Crippen LogP contribution in [0.25, 0.3) is 0 Å². The zero-order chi connectivity index (χ0) is 87.9. The summed E-state index contributed by atoms with van der Waals surface area (Å²) in [7, 11) is -13.6. The molecule has 0 bridgehead atoms. The molecule has 120 heavy (non-hydrogen) atoms. The maximum absolute atomic E-state index is 12.7. The molecule has 0 aromatic heterocycles. The first-order valence-electron chi connectivity index (χ1n) is 39.3. The molecular formula is C90H107F4N2O18S5Si+. The first-order valence-corrected chi connectivity index (χ1v) is 48.6. The average molecular weight is 1770 g/mol. The van der Waals surface area contributed by atoms with Crippen LogP contribution in [0.4, 0.5) is 22.4 Å². The van der Waals surface area contributed by atoms with Crippen LogP contribution in [0.2, 0.25) is 18.1 Å². The lowest BCUT2D eigenvalue weighted by Crippen LogP contribution is -2.46. The van der Waals surface area contributed by atoms with Gasteiger partial charge < -0.3 is 52.9 Å². The Morgan fingerprint density at radius 3 is 1.05 bits per heavy atom. The molecule has 1 aliphatic heterocycles. The summed E-state index contributed by atoms with van der Waals surface area (Å²) in [6.45, 7) is 18.0. The molecule has 0 aliphatic carbocycles. The summed E-state index contributed by atoms with van der Waals surface area (Å²) < 4.78 is 148. The van der Waals surface area contributed by atoms with Gasteiger partial charge in [-0.2, -0.15) is 17.6 Å². The van der Waals surface area contributed by atoms with E-state index in [1.54, 1.807) is 48.5 Å². The lowest BCUT2D eigenvalue weighted by molar-refractivity contribution is -0.149. The molecular weight excluding hydrogens is 1660 g/mol. The third-order valence-corrected chi connectivity index (χ3v) is 32.6. The zero-order valence-corrected chi connectivity index (χ0v) is 74.1. The summed E-state index contributed by atoms with van der Waals surface area (Å²) >= 11 is 0. The van der Waals surface area contributed by atoms with Crippen molar-refractivity contribution < 1.29 is 101 Å². The number of hydrogen-bond acceptors (Lipinski definition) is 18. The Bertz CT molecular complexity index is 4580. The number of rotatable bonds is 33. The molecule has 2 amide bonds. The number of ether oxygens (including phenoxy) is 7. The highest BCUT2D eigenvalue weighted by atomic mass is 32.2. The Morgan fingerprint density at radius 2 is 0.767 bits per heavy atom. The van der Waals surface area contributed by atoms with Crippen molar-refractivity contribution in [3.8, 4) is 11.5 Å². The van der Waals surface area contributed by atoms with Gasteiger partial charge in [0.25, 0.3) is 0 Å². The molecule has 20 nitrogen and oxygen atoms in total. The summed E-state index contributed by atoms with van der Waals surface area (Å²) in [5, 5.41) is -7.10. The van der Waals surface area contributed by atoms with E-state index in [2.05, 4.69) is 249 Å². The predicted octanol–water partition coefficient (Wildman–Crippen LogP) is 18.8. The minimum Gasteiger partial charge on any atom is -0.743 e. The molecule has 1 heterocycles. The molecule has 1 fully saturated rings. The minimum absolute atomic E-state index is 0.0401. The van der Waals surface area contributed by atoms with Gasteiger partial charge in [0.1, 0.15) is 30.3 Å². The zero-order valence-electron chi connectivity index (χ0n) is 69.0. The Kier molecular flexibility index (Phi) is 40.9. The lowest BCUT2D eigenvalue weighted by Gasteiger charge is -2.28. The van der Waals surface area contributed by atoms with Crippen LogP contribution in [0.15, 0.2) is 299 Å². The third kappa shape index (κ3) is 32.1. The smallest absolute Gasteiger partial charge is 0.511 e. The number of nitrogens with one attached hydrogen (secondary N) is 2. The largest absolute Gasteiger partial charge is 0.743 e. The normalized spacial score (nSPS) is 13.4. The van der Waals surface area contributed by atoms with Gasteiger partial charge in [-0.15, -0.1) is 0 Å². The molecule has 646 valence electrons. The van der Waals surface area contributed by atoms with E-state index in [4.69, 9.17) is 23.7 Å².